The van der Waals surface area contributed by atoms with Gasteiger partial charge in [-0.25, -0.2) is 8.42 Å². The number of anilines is 1. The lowest BCUT2D eigenvalue weighted by Crippen LogP contribution is -2.56. The number of nitrogens with one attached hydrogen (secondary N) is 1. The van der Waals surface area contributed by atoms with Crippen molar-refractivity contribution in [2.45, 2.75) is 57.1 Å². The zero-order chi connectivity index (χ0) is 32.8. The molecule has 0 saturated carbocycles. The van der Waals surface area contributed by atoms with Crippen LogP contribution in [0.2, 0.25) is 10.0 Å². The summed E-state index contributed by atoms with van der Waals surface area (Å²) in [5.74, 6) is -0.926. The molecular formula is C35H37Cl2N3O4S. The molecule has 4 aromatic carbocycles. The Hall–Kier alpha value is -3.85. The van der Waals surface area contributed by atoms with E-state index in [-0.39, 0.29) is 39.5 Å². The molecule has 236 valence electrons. The molecule has 0 saturated heterocycles. The zero-order valence-corrected chi connectivity index (χ0v) is 28.0. The van der Waals surface area contributed by atoms with Crippen LogP contribution in [0.3, 0.4) is 0 Å². The van der Waals surface area contributed by atoms with E-state index in [4.69, 9.17) is 23.2 Å². The lowest BCUT2D eigenvalue weighted by atomic mass is 10.0. The van der Waals surface area contributed by atoms with E-state index >= 15 is 0 Å². The molecule has 0 aliphatic carbocycles. The standard InChI is InChI=1S/C35H37Cl2N3O4S/c1-25-15-17-31(18-16-25)45(43,44)40(30-21-28(36)20-29(37)22-30)24-33(41)39(23-27-13-9-6-10-14-27)32(34(42)38-35(2,3)4)19-26-11-7-5-8-12-26/h5-18,20-22,32H,19,23-24H2,1-4H3,(H,38,42). The second kappa shape index (κ2) is 14.5. The number of carbonyl (C=O) groups excluding carboxylic acids is 2. The van der Waals surface area contributed by atoms with Crippen molar-refractivity contribution in [3.63, 3.8) is 0 Å². The van der Waals surface area contributed by atoms with Crippen molar-refractivity contribution < 1.29 is 18.0 Å². The molecule has 0 radical (unpaired) electrons. The maximum atomic E-state index is 14.5. The van der Waals surface area contributed by atoms with Crippen LogP contribution in [0.1, 0.15) is 37.5 Å². The van der Waals surface area contributed by atoms with Crippen LogP contribution in [0.5, 0.6) is 0 Å². The first-order valence-electron chi connectivity index (χ1n) is 14.5. The normalized spacial score (nSPS) is 12.3. The fourth-order valence-corrected chi connectivity index (χ4v) is 6.75. The van der Waals surface area contributed by atoms with Crippen LogP contribution in [0.15, 0.2) is 108 Å². The van der Waals surface area contributed by atoms with Gasteiger partial charge in [0.25, 0.3) is 10.0 Å². The van der Waals surface area contributed by atoms with Crippen molar-refractivity contribution in [2.24, 2.45) is 0 Å². The second-order valence-corrected chi connectivity index (χ2v) is 14.6. The highest BCUT2D eigenvalue weighted by Crippen LogP contribution is 2.30. The van der Waals surface area contributed by atoms with Crippen molar-refractivity contribution in [1.29, 1.82) is 0 Å². The summed E-state index contributed by atoms with van der Waals surface area (Å²) < 4.78 is 29.3. The highest BCUT2D eigenvalue weighted by atomic mass is 35.5. The molecular weight excluding hydrogens is 629 g/mol. The molecule has 4 aromatic rings. The number of rotatable bonds is 11. The molecule has 1 unspecified atom stereocenters. The Morgan fingerprint density at radius 1 is 0.800 bits per heavy atom. The van der Waals surface area contributed by atoms with Crippen molar-refractivity contribution >= 4 is 50.7 Å². The largest absolute Gasteiger partial charge is 0.350 e. The first-order valence-corrected chi connectivity index (χ1v) is 16.7. The summed E-state index contributed by atoms with van der Waals surface area (Å²) in [6.45, 7) is 6.93. The third-order valence-electron chi connectivity index (χ3n) is 6.99. The van der Waals surface area contributed by atoms with Gasteiger partial charge in [-0.1, -0.05) is 102 Å². The first-order chi connectivity index (χ1) is 21.2. The number of carbonyl (C=O) groups is 2. The summed E-state index contributed by atoms with van der Waals surface area (Å²) in [7, 11) is -4.27. The summed E-state index contributed by atoms with van der Waals surface area (Å²) in [4.78, 5) is 29.9. The SMILES string of the molecule is Cc1ccc(S(=O)(=O)N(CC(=O)N(Cc2ccccc2)C(Cc2ccccc2)C(=O)NC(C)(C)C)c2cc(Cl)cc(Cl)c2)cc1. The van der Waals surface area contributed by atoms with Crippen LogP contribution in [0, 0.1) is 6.92 Å². The number of halogens is 2. The van der Waals surface area contributed by atoms with Crippen molar-refractivity contribution in [2.75, 3.05) is 10.8 Å². The van der Waals surface area contributed by atoms with Gasteiger partial charge < -0.3 is 10.2 Å². The molecule has 7 nitrogen and oxygen atoms in total. The van der Waals surface area contributed by atoms with E-state index < -0.39 is 34.1 Å². The number of hydrogen-bond donors (Lipinski definition) is 1. The number of sulfonamides is 1. The van der Waals surface area contributed by atoms with Gasteiger partial charge in [-0.15, -0.1) is 0 Å². The minimum Gasteiger partial charge on any atom is -0.350 e. The number of amides is 2. The Labute approximate surface area is 275 Å². The van der Waals surface area contributed by atoms with E-state index in [1.807, 2.05) is 88.4 Å². The van der Waals surface area contributed by atoms with Gasteiger partial charge in [-0.3, -0.25) is 13.9 Å². The first kappa shape index (κ1) is 34.0. The number of aryl methyl sites for hydroxylation is 1. The van der Waals surface area contributed by atoms with E-state index in [0.29, 0.717) is 0 Å². The summed E-state index contributed by atoms with van der Waals surface area (Å²) in [5, 5.41) is 3.44. The van der Waals surface area contributed by atoms with Gasteiger partial charge in [0.15, 0.2) is 0 Å². The average Bonchev–Trinajstić information content (AvgIpc) is 2.97. The summed E-state index contributed by atoms with van der Waals surface area (Å²) >= 11 is 12.6. The Morgan fingerprint density at radius 2 is 1.33 bits per heavy atom. The van der Waals surface area contributed by atoms with Crippen LogP contribution in [0.4, 0.5) is 5.69 Å². The highest BCUT2D eigenvalue weighted by Gasteiger charge is 2.35. The predicted octanol–water partition coefficient (Wildman–Crippen LogP) is 7.05. The maximum Gasteiger partial charge on any atom is 0.264 e. The quantitative estimate of drug-likeness (QED) is 0.186. The van der Waals surface area contributed by atoms with E-state index in [2.05, 4.69) is 5.32 Å². The molecule has 0 bridgehead atoms. The molecule has 1 N–H and O–H groups in total. The number of hydrogen-bond acceptors (Lipinski definition) is 4. The minimum atomic E-state index is -4.27. The second-order valence-electron chi connectivity index (χ2n) is 11.9. The molecule has 2 amide bonds. The lowest BCUT2D eigenvalue weighted by Gasteiger charge is -2.35. The summed E-state index contributed by atoms with van der Waals surface area (Å²) in [6.07, 6.45) is 0.217. The number of nitrogens with zero attached hydrogens (tertiary/aromatic N) is 2. The molecule has 10 heteroatoms. The molecule has 0 aliphatic heterocycles. The Balaban J connectivity index is 1.83. The fraction of sp³-hybridized carbons (Fsp3) is 0.257. The van der Waals surface area contributed by atoms with Crippen molar-refractivity contribution in [3.05, 3.63) is 130 Å². The van der Waals surface area contributed by atoms with E-state index in [1.165, 1.54) is 35.2 Å². The zero-order valence-electron chi connectivity index (χ0n) is 25.7. The van der Waals surface area contributed by atoms with Crippen molar-refractivity contribution in [3.8, 4) is 0 Å². The van der Waals surface area contributed by atoms with Crippen LogP contribution < -0.4 is 9.62 Å². The molecule has 0 heterocycles. The van der Waals surface area contributed by atoms with E-state index in [9.17, 15) is 18.0 Å². The third-order valence-corrected chi connectivity index (χ3v) is 9.21. The fourth-order valence-electron chi connectivity index (χ4n) is 4.84. The van der Waals surface area contributed by atoms with E-state index in [0.717, 1.165) is 21.0 Å². The maximum absolute atomic E-state index is 14.5. The molecule has 0 aromatic heterocycles. The minimum absolute atomic E-state index is 0.00193. The topological polar surface area (TPSA) is 86.8 Å². The summed E-state index contributed by atoms with van der Waals surface area (Å²) in [5.41, 5.74) is 2.06. The molecule has 1 atom stereocenters. The Kier molecular flexibility index (Phi) is 11.0. The molecule has 4 rings (SSSR count). The van der Waals surface area contributed by atoms with Crippen LogP contribution >= 0.6 is 23.2 Å². The molecule has 45 heavy (non-hydrogen) atoms. The monoisotopic (exact) mass is 665 g/mol. The van der Waals surface area contributed by atoms with Crippen molar-refractivity contribution in [1.82, 2.24) is 10.2 Å². The lowest BCUT2D eigenvalue weighted by molar-refractivity contribution is -0.140. The van der Waals surface area contributed by atoms with E-state index in [1.54, 1.807) is 12.1 Å². The molecule has 0 fully saturated rings. The number of benzene rings is 4. The third kappa shape index (κ3) is 9.33. The van der Waals surface area contributed by atoms with Gasteiger partial charge in [-0.2, -0.15) is 0 Å². The van der Waals surface area contributed by atoms with Gasteiger partial charge in [0.1, 0.15) is 12.6 Å². The van der Waals surface area contributed by atoms with Gasteiger partial charge in [0.2, 0.25) is 11.8 Å². The smallest absolute Gasteiger partial charge is 0.264 e. The van der Waals surface area contributed by atoms with Crippen LogP contribution in [-0.2, 0) is 32.6 Å². The average molecular weight is 667 g/mol. The van der Waals surface area contributed by atoms with Gasteiger partial charge >= 0.3 is 0 Å². The molecule has 0 aliphatic rings. The van der Waals surface area contributed by atoms with Gasteiger partial charge in [0.05, 0.1) is 10.6 Å². The Bertz CT molecular complexity index is 1710. The highest BCUT2D eigenvalue weighted by molar-refractivity contribution is 7.92. The summed E-state index contributed by atoms with van der Waals surface area (Å²) in [6, 6.07) is 28.5. The van der Waals surface area contributed by atoms with Gasteiger partial charge in [0, 0.05) is 28.5 Å². The van der Waals surface area contributed by atoms with Crippen LogP contribution in [-0.4, -0.2) is 43.3 Å². The van der Waals surface area contributed by atoms with Crippen LogP contribution in [0.25, 0.3) is 0 Å². The predicted molar refractivity (Wildman–Crippen MR) is 181 cm³/mol. The Morgan fingerprint density at radius 3 is 1.87 bits per heavy atom. The van der Waals surface area contributed by atoms with Gasteiger partial charge in [-0.05, 0) is 69.2 Å². The molecule has 0 spiro atoms.